The van der Waals surface area contributed by atoms with Gasteiger partial charge in [0.05, 0.1) is 0 Å². The van der Waals surface area contributed by atoms with E-state index in [-0.39, 0.29) is 36.1 Å². The molecule has 6 heteroatoms. The van der Waals surface area contributed by atoms with Gasteiger partial charge in [-0.25, -0.2) is 0 Å². The molecule has 1 saturated heterocycles. The molecule has 1 unspecified atom stereocenters. The molecule has 0 aromatic heterocycles. The number of aryl methyl sites for hydroxylation is 1. The predicted octanol–water partition coefficient (Wildman–Crippen LogP) is 2.81. The molecule has 23 heavy (non-hydrogen) atoms. The zero-order chi connectivity index (χ0) is 16.3. The maximum Gasteiger partial charge on any atom is 0.227 e. The molecule has 2 amide bonds. The van der Waals surface area contributed by atoms with E-state index >= 15 is 0 Å². The Morgan fingerprint density at radius 2 is 1.78 bits per heavy atom. The Morgan fingerprint density at radius 3 is 2.30 bits per heavy atom. The molecule has 0 radical (unpaired) electrons. The van der Waals surface area contributed by atoms with Crippen LogP contribution in [-0.2, 0) is 9.59 Å². The lowest BCUT2D eigenvalue weighted by Crippen LogP contribution is -2.48. The molecular weight excluding hydrogens is 314 g/mol. The number of anilines is 2. The molecule has 2 rings (SSSR count). The molecule has 3 N–H and O–H groups in total. The van der Waals surface area contributed by atoms with Crippen molar-refractivity contribution in [1.29, 1.82) is 0 Å². The van der Waals surface area contributed by atoms with E-state index in [1.807, 2.05) is 45.9 Å². The Bertz CT molecular complexity index is 571. The van der Waals surface area contributed by atoms with Crippen LogP contribution in [0.15, 0.2) is 18.2 Å². The van der Waals surface area contributed by atoms with Crippen molar-refractivity contribution in [2.24, 2.45) is 17.8 Å². The first-order valence-corrected chi connectivity index (χ1v) is 7.81. The third-order valence-corrected chi connectivity index (χ3v) is 4.22. The van der Waals surface area contributed by atoms with E-state index in [2.05, 4.69) is 16.0 Å². The molecule has 1 aromatic rings. The van der Waals surface area contributed by atoms with E-state index in [4.69, 9.17) is 0 Å². The van der Waals surface area contributed by atoms with Gasteiger partial charge in [-0.3, -0.25) is 9.59 Å². The monoisotopic (exact) mass is 339 g/mol. The second-order valence-corrected chi connectivity index (χ2v) is 6.37. The molecule has 1 aliphatic heterocycles. The minimum absolute atomic E-state index is 0. The summed E-state index contributed by atoms with van der Waals surface area (Å²) in [7, 11) is 0. The van der Waals surface area contributed by atoms with Crippen LogP contribution in [0, 0.1) is 24.7 Å². The van der Waals surface area contributed by atoms with Crippen LogP contribution in [0.3, 0.4) is 0 Å². The Balaban J connectivity index is 0.00000264. The highest BCUT2D eigenvalue weighted by atomic mass is 35.5. The van der Waals surface area contributed by atoms with Crippen LogP contribution < -0.4 is 16.0 Å². The number of benzene rings is 1. The maximum atomic E-state index is 12.3. The Kier molecular flexibility index (Phi) is 7.03. The topological polar surface area (TPSA) is 70.2 Å². The second kappa shape index (κ2) is 8.31. The van der Waals surface area contributed by atoms with Crippen molar-refractivity contribution in [1.82, 2.24) is 5.32 Å². The van der Waals surface area contributed by atoms with Gasteiger partial charge >= 0.3 is 0 Å². The highest BCUT2D eigenvalue weighted by molar-refractivity contribution is 5.96. The van der Waals surface area contributed by atoms with Crippen molar-refractivity contribution in [2.75, 3.05) is 23.7 Å². The van der Waals surface area contributed by atoms with Gasteiger partial charge in [0.25, 0.3) is 0 Å². The van der Waals surface area contributed by atoms with Crippen LogP contribution in [0.25, 0.3) is 0 Å². The highest BCUT2D eigenvalue weighted by Crippen LogP contribution is 2.23. The zero-order valence-corrected chi connectivity index (χ0v) is 14.9. The van der Waals surface area contributed by atoms with Crippen LogP contribution in [0.4, 0.5) is 11.4 Å². The van der Waals surface area contributed by atoms with Gasteiger partial charge in [-0.1, -0.05) is 26.8 Å². The molecule has 0 spiro atoms. The fourth-order valence-corrected chi connectivity index (χ4v) is 2.25. The SMILES string of the molecule is Cc1ccc(NC(=O)C(C)C)cc1NC(=O)C(C)C1CNC1.Cl. The van der Waals surface area contributed by atoms with Gasteiger partial charge in [0.2, 0.25) is 11.8 Å². The fraction of sp³-hybridized carbons (Fsp3) is 0.529. The lowest BCUT2D eigenvalue weighted by Gasteiger charge is -2.31. The number of nitrogens with one attached hydrogen (secondary N) is 3. The first kappa shape index (κ1) is 19.5. The van der Waals surface area contributed by atoms with Crippen molar-refractivity contribution in [2.45, 2.75) is 27.7 Å². The van der Waals surface area contributed by atoms with E-state index in [1.165, 1.54) is 0 Å². The summed E-state index contributed by atoms with van der Waals surface area (Å²) in [6, 6.07) is 5.57. The van der Waals surface area contributed by atoms with Crippen molar-refractivity contribution in [3.8, 4) is 0 Å². The lowest BCUT2D eigenvalue weighted by atomic mass is 9.88. The van der Waals surface area contributed by atoms with Crippen LogP contribution >= 0.6 is 12.4 Å². The third kappa shape index (κ3) is 4.94. The largest absolute Gasteiger partial charge is 0.326 e. The summed E-state index contributed by atoms with van der Waals surface area (Å²) in [5.74, 6) is 0.307. The van der Waals surface area contributed by atoms with Crippen molar-refractivity contribution < 1.29 is 9.59 Å². The van der Waals surface area contributed by atoms with Gasteiger partial charge in [0.1, 0.15) is 0 Å². The summed E-state index contributed by atoms with van der Waals surface area (Å²) >= 11 is 0. The normalized spacial score (nSPS) is 15.3. The standard InChI is InChI=1S/C17H25N3O2.ClH/c1-10(2)16(21)19-14-6-5-11(3)15(7-14)20-17(22)12(4)13-8-18-9-13;/h5-7,10,12-13,18H,8-9H2,1-4H3,(H,19,21)(H,20,22);1H. The van der Waals surface area contributed by atoms with Crippen molar-refractivity contribution in [3.05, 3.63) is 23.8 Å². The molecule has 1 fully saturated rings. The average Bonchev–Trinajstić information content (AvgIpc) is 2.40. The van der Waals surface area contributed by atoms with Gasteiger partial charge in [-0.15, -0.1) is 12.4 Å². The number of carbonyl (C=O) groups is 2. The smallest absolute Gasteiger partial charge is 0.227 e. The Hall–Kier alpha value is -1.59. The van der Waals surface area contributed by atoms with Gasteiger partial charge < -0.3 is 16.0 Å². The highest BCUT2D eigenvalue weighted by Gasteiger charge is 2.28. The van der Waals surface area contributed by atoms with Crippen LogP contribution in [0.1, 0.15) is 26.3 Å². The van der Waals surface area contributed by atoms with E-state index in [9.17, 15) is 9.59 Å². The molecule has 5 nitrogen and oxygen atoms in total. The van der Waals surface area contributed by atoms with Crippen molar-refractivity contribution in [3.63, 3.8) is 0 Å². The summed E-state index contributed by atoms with van der Waals surface area (Å²) in [6.45, 7) is 9.40. The lowest BCUT2D eigenvalue weighted by molar-refractivity contribution is -0.121. The van der Waals surface area contributed by atoms with Gasteiger partial charge in [0, 0.05) is 23.2 Å². The van der Waals surface area contributed by atoms with E-state index in [1.54, 1.807) is 0 Å². The minimum atomic E-state index is -0.0783. The fourth-order valence-electron chi connectivity index (χ4n) is 2.25. The zero-order valence-electron chi connectivity index (χ0n) is 14.1. The summed E-state index contributed by atoms with van der Waals surface area (Å²) in [5, 5.41) is 9.03. The summed E-state index contributed by atoms with van der Waals surface area (Å²) in [6.07, 6.45) is 0. The number of rotatable bonds is 5. The number of amides is 2. The summed E-state index contributed by atoms with van der Waals surface area (Å²) < 4.78 is 0. The summed E-state index contributed by atoms with van der Waals surface area (Å²) in [5.41, 5.74) is 2.44. The number of hydrogen-bond acceptors (Lipinski definition) is 3. The number of carbonyl (C=O) groups excluding carboxylic acids is 2. The Morgan fingerprint density at radius 1 is 1.13 bits per heavy atom. The molecule has 1 atom stereocenters. The maximum absolute atomic E-state index is 12.3. The Labute approximate surface area is 144 Å². The number of halogens is 1. The minimum Gasteiger partial charge on any atom is -0.326 e. The second-order valence-electron chi connectivity index (χ2n) is 6.37. The predicted molar refractivity (Wildman–Crippen MR) is 96.0 cm³/mol. The first-order valence-electron chi connectivity index (χ1n) is 7.81. The van der Waals surface area contributed by atoms with E-state index in [0.29, 0.717) is 11.6 Å². The van der Waals surface area contributed by atoms with Gasteiger partial charge in [-0.05, 0) is 43.6 Å². The molecule has 0 bridgehead atoms. The summed E-state index contributed by atoms with van der Waals surface area (Å²) in [4.78, 5) is 24.1. The average molecular weight is 340 g/mol. The molecular formula is C17H26ClN3O2. The van der Waals surface area contributed by atoms with Crippen LogP contribution in [0.2, 0.25) is 0 Å². The third-order valence-electron chi connectivity index (χ3n) is 4.22. The van der Waals surface area contributed by atoms with E-state index < -0.39 is 0 Å². The first-order chi connectivity index (χ1) is 10.4. The quantitative estimate of drug-likeness (QED) is 0.772. The van der Waals surface area contributed by atoms with Crippen molar-refractivity contribution >= 4 is 35.6 Å². The van der Waals surface area contributed by atoms with E-state index in [0.717, 1.165) is 24.3 Å². The van der Waals surface area contributed by atoms with Gasteiger partial charge in [0.15, 0.2) is 0 Å². The molecule has 128 valence electrons. The number of hydrogen-bond donors (Lipinski definition) is 3. The van der Waals surface area contributed by atoms with Gasteiger partial charge in [-0.2, -0.15) is 0 Å². The molecule has 1 heterocycles. The van der Waals surface area contributed by atoms with Crippen LogP contribution in [-0.4, -0.2) is 24.9 Å². The molecule has 1 aromatic carbocycles. The molecule has 0 saturated carbocycles. The molecule has 0 aliphatic carbocycles. The van der Waals surface area contributed by atoms with Crippen LogP contribution in [0.5, 0.6) is 0 Å². The molecule has 1 aliphatic rings.